The van der Waals surface area contributed by atoms with Crippen LogP contribution in [0.2, 0.25) is 0 Å². The first kappa shape index (κ1) is 23.3. The predicted octanol–water partition coefficient (Wildman–Crippen LogP) is 4.67. The first-order valence-electron chi connectivity index (χ1n) is 11.2. The zero-order chi connectivity index (χ0) is 23.1. The first-order valence-corrected chi connectivity index (χ1v) is 11.2. The van der Waals surface area contributed by atoms with Crippen LogP contribution in [0.15, 0.2) is 72.9 Å². The number of aryl methyl sites for hydroxylation is 2. The fourth-order valence-corrected chi connectivity index (χ4v) is 3.68. The highest BCUT2D eigenvalue weighted by Gasteiger charge is 2.25. The number of amides is 2. The molecule has 0 N–H and O–H groups in total. The number of carbonyl (C=O) groups is 2. The lowest BCUT2D eigenvalue weighted by atomic mass is 10.1. The van der Waals surface area contributed by atoms with Gasteiger partial charge in [-0.1, -0.05) is 49.4 Å². The second-order valence-electron chi connectivity index (χ2n) is 8.42. The normalized spacial score (nSPS) is 10.9. The van der Waals surface area contributed by atoms with Crippen molar-refractivity contribution in [1.82, 2.24) is 14.4 Å². The van der Waals surface area contributed by atoms with Crippen LogP contribution in [-0.4, -0.2) is 38.8 Å². The summed E-state index contributed by atoms with van der Waals surface area (Å²) in [6.07, 6.45) is 2.90. The van der Waals surface area contributed by atoms with Crippen LogP contribution in [0.1, 0.15) is 48.0 Å². The van der Waals surface area contributed by atoms with Gasteiger partial charge in [0.05, 0.1) is 6.54 Å². The monoisotopic (exact) mass is 431 g/mol. The third-order valence-corrected chi connectivity index (χ3v) is 5.77. The molecule has 0 radical (unpaired) electrons. The number of benzene rings is 2. The van der Waals surface area contributed by atoms with E-state index in [1.165, 1.54) is 5.56 Å². The Hall–Kier alpha value is -3.34. The molecule has 0 bridgehead atoms. The molecule has 0 aliphatic rings. The molecule has 3 rings (SSSR count). The van der Waals surface area contributed by atoms with Gasteiger partial charge in [-0.2, -0.15) is 0 Å². The van der Waals surface area contributed by atoms with Gasteiger partial charge in [0.15, 0.2) is 0 Å². The average Bonchev–Trinajstić information content (AvgIpc) is 3.21. The summed E-state index contributed by atoms with van der Waals surface area (Å²) in [5, 5.41) is 0. The van der Waals surface area contributed by atoms with Crippen LogP contribution in [0.4, 0.5) is 0 Å². The molecule has 0 saturated carbocycles. The van der Waals surface area contributed by atoms with Gasteiger partial charge in [0.2, 0.25) is 5.91 Å². The molecule has 0 aliphatic heterocycles. The number of hydrogen-bond acceptors (Lipinski definition) is 2. The maximum Gasteiger partial charge on any atom is 0.254 e. The van der Waals surface area contributed by atoms with Crippen molar-refractivity contribution in [2.45, 2.75) is 46.3 Å². The van der Waals surface area contributed by atoms with E-state index in [0.29, 0.717) is 18.7 Å². The lowest BCUT2D eigenvalue weighted by molar-refractivity contribution is -0.133. The Morgan fingerprint density at radius 3 is 2.12 bits per heavy atom. The zero-order valence-electron chi connectivity index (χ0n) is 19.5. The number of hydrogen-bond donors (Lipinski definition) is 0. The number of aromatic nitrogens is 1. The van der Waals surface area contributed by atoms with Crippen molar-refractivity contribution in [2.24, 2.45) is 7.05 Å². The van der Waals surface area contributed by atoms with Gasteiger partial charge < -0.3 is 14.4 Å². The molecule has 2 amide bonds. The fourth-order valence-electron chi connectivity index (χ4n) is 3.68. The third kappa shape index (κ3) is 5.88. The number of nitrogens with zero attached hydrogens (tertiary/aromatic N) is 3. The summed E-state index contributed by atoms with van der Waals surface area (Å²) < 4.78 is 2.02. The Morgan fingerprint density at radius 2 is 1.56 bits per heavy atom. The van der Waals surface area contributed by atoms with Gasteiger partial charge in [-0.3, -0.25) is 9.59 Å². The van der Waals surface area contributed by atoms with Gasteiger partial charge in [-0.15, -0.1) is 0 Å². The molecule has 0 saturated heterocycles. The minimum Gasteiger partial charge on any atom is -0.353 e. The van der Waals surface area contributed by atoms with Gasteiger partial charge in [-0.25, -0.2) is 0 Å². The molecule has 0 unspecified atom stereocenters. The molecule has 3 aromatic rings. The topological polar surface area (TPSA) is 45.6 Å². The number of carbonyl (C=O) groups excluding carboxylic acids is 2. The van der Waals surface area contributed by atoms with Crippen LogP contribution in [0.5, 0.6) is 0 Å². The lowest BCUT2D eigenvalue weighted by Crippen LogP contribution is -2.45. The second kappa shape index (κ2) is 10.8. The average molecular weight is 432 g/mol. The van der Waals surface area contributed by atoms with Gasteiger partial charge in [-0.05, 0) is 55.7 Å². The molecule has 1 aromatic heterocycles. The molecule has 5 nitrogen and oxygen atoms in total. The molecular formula is C27H33N3O2. The maximum absolute atomic E-state index is 13.5. The van der Waals surface area contributed by atoms with Crippen LogP contribution in [0.25, 0.3) is 0 Å². The summed E-state index contributed by atoms with van der Waals surface area (Å²) in [6, 6.07) is 21.5. The minimum atomic E-state index is -0.116. The van der Waals surface area contributed by atoms with Crippen LogP contribution in [-0.2, 0) is 31.4 Å². The van der Waals surface area contributed by atoms with E-state index in [2.05, 4.69) is 6.92 Å². The standard InChI is InChI=1S/C27H33N3O2/c1-5-22-13-15-24(16-14-22)27(32)30(21(2)3)20-26(31)29(18-23-10-7-6-8-11-23)19-25-12-9-17-28(25)4/h6-17,21H,5,18-20H2,1-4H3. The van der Waals surface area contributed by atoms with Crippen LogP contribution in [0.3, 0.4) is 0 Å². The van der Waals surface area contributed by atoms with Crippen molar-refractivity contribution >= 4 is 11.8 Å². The zero-order valence-corrected chi connectivity index (χ0v) is 19.5. The lowest BCUT2D eigenvalue weighted by Gasteiger charge is -2.30. The van der Waals surface area contributed by atoms with E-state index in [4.69, 9.17) is 0 Å². The molecule has 2 aromatic carbocycles. The molecule has 5 heteroatoms. The maximum atomic E-state index is 13.5. The molecule has 0 fully saturated rings. The van der Waals surface area contributed by atoms with Crippen molar-refractivity contribution in [3.8, 4) is 0 Å². The summed E-state index contributed by atoms with van der Waals surface area (Å²) in [4.78, 5) is 30.2. The smallest absolute Gasteiger partial charge is 0.254 e. The van der Waals surface area contributed by atoms with Crippen LogP contribution < -0.4 is 0 Å². The molecule has 0 aliphatic carbocycles. The fraction of sp³-hybridized carbons (Fsp3) is 0.333. The van der Waals surface area contributed by atoms with E-state index in [0.717, 1.165) is 17.7 Å². The van der Waals surface area contributed by atoms with Gasteiger partial charge in [0.25, 0.3) is 5.91 Å². The van der Waals surface area contributed by atoms with Crippen LogP contribution >= 0.6 is 0 Å². The quantitative estimate of drug-likeness (QED) is 0.494. The second-order valence-corrected chi connectivity index (χ2v) is 8.42. The highest BCUT2D eigenvalue weighted by atomic mass is 16.2. The Morgan fingerprint density at radius 1 is 0.875 bits per heavy atom. The largest absolute Gasteiger partial charge is 0.353 e. The summed E-state index contributed by atoms with van der Waals surface area (Å²) >= 11 is 0. The van der Waals surface area contributed by atoms with E-state index in [9.17, 15) is 9.59 Å². The Bertz CT molecular complexity index is 1020. The van der Waals surface area contributed by atoms with E-state index >= 15 is 0 Å². The summed E-state index contributed by atoms with van der Waals surface area (Å²) in [7, 11) is 1.98. The SMILES string of the molecule is CCc1ccc(C(=O)N(CC(=O)N(Cc2ccccc2)Cc2cccn2C)C(C)C)cc1. The Labute approximate surface area is 191 Å². The molecule has 168 valence electrons. The van der Waals surface area contributed by atoms with Crippen molar-refractivity contribution in [3.63, 3.8) is 0 Å². The van der Waals surface area contributed by atoms with E-state index in [1.54, 1.807) is 4.90 Å². The number of rotatable bonds is 9. The van der Waals surface area contributed by atoms with Crippen molar-refractivity contribution in [2.75, 3.05) is 6.54 Å². The highest BCUT2D eigenvalue weighted by molar-refractivity contribution is 5.96. The van der Waals surface area contributed by atoms with Crippen molar-refractivity contribution in [1.29, 1.82) is 0 Å². The third-order valence-electron chi connectivity index (χ3n) is 5.77. The van der Waals surface area contributed by atoms with Crippen molar-refractivity contribution in [3.05, 3.63) is 95.3 Å². The summed E-state index contributed by atoms with van der Waals surface area (Å²) in [6.45, 7) is 7.01. The first-order chi connectivity index (χ1) is 15.4. The van der Waals surface area contributed by atoms with E-state index in [1.807, 2.05) is 103 Å². The van der Waals surface area contributed by atoms with Gasteiger partial charge in [0, 0.05) is 37.1 Å². The highest BCUT2D eigenvalue weighted by Crippen LogP contribution is 2.15. The van der Waals surface area contributed by atoms with Gasteiger partial charge >= 0.3 is 0 Å². The van der Waals surface area contributed by atoms with Crippen molar-refractivity contribution < 1.29 is 9.59 Å². The molecule has 1 heterocycles. The molecular weight excluding hydrogens is 398 g/mol. The summed E-state index contributed by atoms with van der Waals surface area (Å²) in [5.74, 6) is -0.184. The summed E-state index contributed by atoms with van der Waals surface area (Å²) in [5.41, 5.74) is 3.91. The minimum absolute atomic E-state index is 0.0449. The van der Waals surface area contributed by atoms with Crippen LogP contribution in [0, 0.1) is 0 Å². The van der Waals surface area contributed by atoms with Gasteiger partial charge in [0.1, 0.15) is 6.54 Å². The Balaban J connectivity index is 1.80. The molecule has 0 spiro atoms. The Kier molecular flexibility index (Phi) is 7.87. The molecule has 32 heavy (non-hydrogen) atoms. The molecule has 0 atom stereocenters. The van der Waals surface area contributed by atoms with E-state index in [-0.39, 0.29) is 24.4 Å². The van der Waals surface area contributed by atoms with E-state index < -0.39 is 0 Å². The predicted molar refractivity (Wildman–Crippen MR) is 128 cm³/mol.